The van der Waals surface area contributed by atoms with E-state index >= 15 is 0 Å². The molecule has 37 heavy (non-hydrogen) atoms. The van der Waals surface area contributed by atoms with Crippen molar-refractivity contribution in [3.8, 4) is 5.88 Å². The predicted octanol–water partition coefficient (Wildman–Crippen LogP) is 2.44. The zero-order valence-corrected chi connectivity index (χ0v) is 20.4. The number of nitrogens with one attached hydrogen (secondary N) is 1. The Kier molecular flexibility index (Phi) is 7.32. The smallest absolute Gasteiger partial charge is 0.342 e. The van der Waals surface area contributed by atoms with Crippen LogP contribution in [-0.4, -0.2) is 44.1 Å². The van der Waals surface area contributed by atoms with E-state index in [2.05, 4.69) is 10.3 Å². The standard InChI is InChI=1S/C24H20ClF2N5O5/c1-13(33)31-19-7-14(3-6-18(19)32(24(31)36)20(34)9-28-2)10-30-12-29-22(21(25)23(30)35)37-11-15-4-5-16(26)8-17(15)27/h3-8,12,28H,9-11H2,1-2H3. The number of fused-ring (bicyclic) bond motifs is 1. The van der Waals surface area contributed by atoms with E-state index in [1.165, 1.54) is 36.0 Å². The molecule has 10 nitrogen and oxygen atoms in total. The van der Waals surface area contributed by atoms with Gasteiger partial charge in [-0.1, -0.05) is 17.7 Å². The Bertz CT molecular complexity index is 1660. The molecule has 2 aromatic heterocycles. The molecule has 4 aromatic rings. The molecule has 0 aliphatic carbocycles. The number of carbonyl (C=O) groups excluding carboxylic acids is 2. The molecule has 4 rings (SSSR count). The molecule has 0 bridgehead atoms. The fourth-order valence-corrected chi connectivity index (χ4v) is 3.97. The van der Waals surface area contributed by atoms with Crippen molar-refractivity contribution in [3.63, 3.8) is 0 Å². The first-order valence-electron chi connectivity index (χ1n) is 10.9. The van der Waals surface area contributed by atoms with Crippen molar-refractivity contribution in [2.75, 3.05) is 13.6 Å². The van der Waals surface area contributed by atoms with Gasteiger partial charge in [-0.2, -0.15) is 0 Å². The number of hydrogen-bond donors (Lipinski definition) is 1. The van der Waals surface area contributed by atoms with Gasteiger partial charge >= 0.3 is 5.69 Å². The molecule has 0 spiro atoms. The maximum absolute atomic E-state index is 13.8. The SMILES string of the molecule is CNCC(=O)n1c(=O)n(C(C)=O)c2cc(Cn3cnc(OCc4ccc(F)cc4F)c(Cl)c3=O)ccc21. The van der Waals surface area contributed by atoms with Crippen molar-refractivity contribution in [1.82, 2.24) is 24.0 Å². The van der Waals surface area contributed by atoms with E-state index in [0.29, 0.717) is 11.6 Å². The van der Waals surface area contributed by atoms with E-state index in [1.54, 1.807) is 13.1 Å². The minimum absolute atomic E-state index is 0.0316. The number of halogens is 3. The summed E-state index contributed by atoms with van der Waals surface area (Å²) in [5.74, 6) is -2.89. The van der Waals surface area contributed by atoms with Crippen LogP contribution in [0.1, 0.15) is 27.6 Å². The molecule has 0 aliphatic heterocycles. The summed E-state index contributed by atoms with van der Waals surface area (Å²) in [6.45, 7) is 0.729. The van der Waals surface area contributed by atoms with Crippen LogP contribution in [0.2, 0.25) is 5.02 Å². The Morgan fingerprint density at radius 2 is 1.84 bits per heavy atom. The summed E-state index contributed by atoms with van der Waals surface area (Å²) in [4.78, 5) is 54.2. The monoisotopic (exact) mass is 531 g/mol. The van der Waals surface area contributed by atoms with Gasteiger partial charge in [-0.15, -0.1) is 0 Å². The zero-order valence-electron chi connectivity index (χ0n) is 19.6. The Morgan fingerprint density at radius 1 is 1.08 bits per heavy atom. The lowest BCUT2D eigenvalue weighted by atomic mass is 10.2. The van der Waals surface area contributed by atoms with E-state index in [4.69, 9.17) is 16.3 Å². The minimum atomic E-state index is -0.814. The predicted molar refractivity (Wildman–Crippen MR) is 130 cm³/mol. The highest BCUT2D eigenvalue weighted by atomic mass is 35.5. The zero-order chi connectivity index (χ0) is 26.9. The number of nitrogens with zero attached hydrogens (tertiary/aromatic N) is 4. The van der Waals surface area contributed by atoms with E-state index in [1.807, 2.05) is 0 Å². The van der Waals surface area contributed by atoms with Crippen molar-refractivity contribution in [2.24, 2.45) is 0 Å². The number of ether oxygens (including phenoxy) is 1. The van der Waals surface area contributed by atoms with E-state index in [9.17, 15) is 28.0 Å². The van der Waals surface area contributed by atoms with Crippen LogP contribution < -0.4 is 21.3 Å². The molecule has 0 aliphatic rings. The molecule has 0 saturated heterocycles. The lowest BCUT2D eigenvalue weighted by Crippen LogP contribution is -2.35. The van der Waals surface area contributed by atoms with Gasteiger partial charge in [0.25, 0.3) is 5.56 Å². The molecule has 0 radical (unpaired) electrons. The molecule has 13 heteroatoms. The van der Waals surface area contributed by atoms with E-state index < -0.39 is 34.7 Å². The van der Waals surface area contributed by atoms with E-state index in [0.717, 1.165) is 15.2 Å². The fraction of sp³-hybridized carbons (Fsp3) is 0.208. The summed E-state index contributed by atoms with van der Waals surface area (Å²) in [5, 5.41) is 2.32. The van der Waals surface area contributed by atoms with Gasteiger partial charge in [0.2, 0.25) is 17.7 Å². The third-order valence-corrected chi connectivity index (χ3v) is 5.80. The molecule has 1 N–H and O–H groups in total. The maximum atomic E-state index is 13.8. The first-order valence-corrected chi connectivity index (χ1v) is 11.3. The summed E-state index contributed by atoms with van der Waals surface area (Å²) in [7, 11) is 1.56. The molecule has 0 atom stereocenters. The van der Waals surface area contributed by atoms with Gasteiger partial charge < -0.3 is 10.1 Å². The molecular formula is C24H20ClF2N5O5. The molecule has 0 amide bonds. The van der Waals surface area contributed by atoms with Gasteiger partial charge in [-0.25, -0.2) is 27.7 Å². The lowest BCUT2D eigenvalue weighted by molar-refractivity contribution is 0.0910. The summed E-state index contributed by atoms with van der Waals surface area (Å²) in [6, 6.07) is 7.60. The highest BCUT2D eigenvalue weighted by Gasteiger charge is 2.21. The molecule has 192 valence electrons. The summed E-state index contributed by atoms with van der Waals surface area (Å²) in [6.07, 6.45) is 1.18. The highest BCUT2D eigenvalue weighted by molar-refractivity contribution is 6.31. The number of aromatic nitrogens is 4. The minimum Gasteiger partial charge on any atom is -0.471 e. The Labute approximate surface area is 212 Å². The van der Waals surface area contributed by atoms with Crippen molar-refractivity contribution in [3.05, 3.63) is 91.3 Å². The van der Waals surface area contributed by atoms with Gasteiger partial charge in [-0.3, -0.25) is 19.0 Å². The molecular weight excluding hydrogens is 512 g/mol. The van der Waals surface area contributed by atoms with Crippen molar-refractivity contribution in [2.45, 2.75) is 20.1 Å². The largest absolute Gasteiger partial charge is 0.471 e. The van der Waals surface area contributed by atoms with Gasteiger partial charge in [0, 0.05) is 18.6 Å². The number of benzene rings is 2. The highest BCUT2D eigenvalue weighted by Crippen LogP contribution is 2.20. The third-order valence-electron chi connectivity index (χ3n) is 5.48. The Balaban J connectivity index is 1.63. The normalized spacial score (nSPS) is 11.2. The van der Waals surface area contributed by atoms with E-state index in [-0.39, 0.29) is 47.2 Å². The maximum Gasteiger partial charge on any atom is 0.342 e. The lowest BCUT2D eigenvalue weighted by Gasteiger charge is -2.11. The molecule has 0 saturated carbocycles. The summed E-state index contributed by atoms with van der Waals surface area (Å²) >= 11 is 6.13. The van der Waals surface area contributed by atoms with Gasteiger partial charge in [-0.05, 0) is 36.9 Å². The quantitative estimate of drug-likeness (QED) is 0.389. The van der Waals surface area contributed by atoms with Crippen molar-refractivity contribution < 1.29 is 23.1 Å². The second-order valence-electron chi connectivity index (χ2n) is 8.04. The summed E-state index contributed by atoms with van der Waals surface area (Å²) < 4.78 is 35.2. The van der Waals surface area contributed by atoms with Crippen LogP contribution in [0.15, 0.2) is 52.3 Å². The van der Waals surface area contributed by atoms with Gasteiger partial charge in [0.05, 0.1) is 24.1 Å². The Hall–Kier alpha value is -4.16. The second kappa shape index (κ2) is 10.4. The van der Waals surface area contributed by atoms with Crippen LogP contribution in [0, 0.1) is 11.6 Å². The first-order chi connectivity index (χ1) is 17.6. The summed E-state index contributed by atoms with van der Waals surface area (Å²) in [5.41, 5.74) is -0.439. The second-order valence-corrected chi connectivity index (χ2v) is 8.42. The number of rotatable bonds is 7. The number of carbonyl (C=O) groups is 2. The van der Waals surface area contributed by atoms with Crippen LogP contribution in [-0.2, 0) is 13.2 Å². The van der Waals surface area contributed by atoms with Crippen LogP contribution in [0.25, 0.3) is 11.0 Å². The van der Waals surface area contributed by atoms with Gasteiger partial charge in [0.15, 0.2) is 5.02 Å². The Morgan fingerprint density at radius 3 is 2.51 bits per heavy atom. The fourth-order valence-electron chi connectivity index (χ4n) is 3.76. The average molecular weight is 532 g/mol. The number of hydrogen-bond acceptors (Lipinski definition) is 7. The van der Waals surface area contributed by atoms with Crippen LogP contribution in [0.5, 0.6) is 5.88 Å². The first kappa shape index (κ1) is 25.9. The molecule has 2 aromatic carbocycles. The van der Waals surface area contributed by atoms with Crippen LogP contribution in [0.3, 0.4) is 0 Å². The molecule has 2 heterocycles. The third kappa shape index (κ3) is 5.06. The van der Waals surface area contributed by atoms with Crippen molar-refractivity contribution >= 4 is 34.4 Å². The molecule has 0 fully saturated rings. The molecule has 0 unspecified atom stereocenters. The number of likely N-dealkylation sites (N-methyl/N-ethyl adjacent to an activating group) is 1. The van der Waals surface area contributed by atoms with Crippen LogP contribution in [0.4, 0.5) is 8.78 Å². The topological polar surface area (TPSA) is 117 Å². The van der Waals surface area contributed by atoms with Crippen molar-refractivity contribution in [1.29, 1.82) is 0 Å². The van der Waals surface area contributed by atoms with Gasteiger partial charge in [0.1, 0.15) is 24.6 Å². The number of imidazole rings is 1. The average Bonchev–Trinajstić information content (AvgIpc) is 3.14. The van der Waals surface area contributed by atoms with Crippen LogP contribution >= 0.6 is 11.6 Å².